The molecule has 0 aromatic heterocycles. The number of fused-ring (bicyclic) bond motifs is 1. The minimum Gasteiger partial charge on any atom is -0.484 e. The number of ether oxygens (including phenoxy) is 2. The molecule has 1 aromatic carbocycles. The molecule has 2 aliphatic heterocycles. The third-order valence-corrected chi connectivity index (χ3v) is 4.52. The van der Waals surface area contributed by atoms with Crippen LogP contribution in [0.2, 0.25) is 0 Å². The summed E-state index contributed by atoms with van der Waals surface area (Å²) in [7, 11) is 0. The third kappa shape index (κ3) is 4.04. The Morgan fingerprint density at radius 3 is 2.58 bits per heavy atom. The van der Waals surface area contributed by atoms with Gasteiger partial charge in [0.05, 0.1) is 19.2 Å². The van der Waals surface area contributed by atoms with Gasteiger partial charge < -0.3 is 19.5 Å². The van der Waals surface area contributed by atoms with Gasteiger partial charge in [0.2, 0.25) is 0 Å². The number of rotatable bonds is 6. The fourth-order valence-corrected chi connectivity index (χ4v) is 3.39. The lowest BCUT2D eigenvalue weighted by Gasteiger charge is -2.25. The second-order valence-corrected chi connectivity index (χ2v) is 6.64. The van der Waals surface area contributed by atoms with E-state index in [0.29, 0.717) is 25.3 Å². The molecular weight excluding hydrogens is 353 g/mol. The molecule has 6 nitrogen and oxygen atoms in total. The van der Waals surface area contributed by atoms with Crippen LogP contribution in [-0.4, -0.2) is 66.8 Å². The molecule has 0 unspecified atom stereocenters. The number of hydrogen-bond donors (Lipinski definition) is 1. The van der Waals surface area contributed by atoms with Crippen molar-refractivity contribution in [1.29, 1.82) is 0 Å². The Bertz CT molecular complexity index is 652. The predicted molar refractivity (Wildman–Crippen MR) is 87.3 cm³/mol. The van der Waals surface area contributed by atoms with E-state index in [0.717, 1.165) is 0 Å². The van der Waals surface area contributed by atoms with Crippen molar-refractivity contribution in [2.45, 2.75) is 31.2 Å². The molecule has 3 rings (SSSR count). The van der Waals surface area contributed by atoms with Crippen LogP contribution in [-0.2, 0) is 4.74 Å². The molecular formula is C17H21F3N2O4. The number of amides is 2. The van der Waals surface area contributed by atoms with Crippen LogP contribution in [0.15, 0.2) is 24.3 Å². The summed E-state index contributed by atoms with van der Waals surface area (Å²) in [5, 5.41) is 10.5. The van der Waals surface area contributed by atoms with Gasteiger partial charge in [0, 0.05) is 25.3 Å². The summed E-state index contributed by atoms with van der Waals surface area (Å²) in [6, 6.07) is 5.57. The van der Waals surface area contributed by atoms with E-state index in [4.69, 9.17) is 4.74 Å². The smallest absolute Gasteiger partial charge is 0.422 e. The monoisotopic (exact) mass is 374 g/mol. The highest BCUT2D eigenvalue weighted by Crippen LogP contribution is 2.35. The summed E-state index contributed by atoms with van der Waals surface area (Å²) < 4.78 is 46.5. The summed E-state index contributed by atoms with van der Waals surface area (Å²) in [4.78, 5) is 15.8. The zero-order valence-electron chi connectivity index (χ0n) is 14.3. The van der Waals surface area contributed by atoms with Gasteiger partial charge in [-0.25, -0.2) is 4.79 Å². The topological polar surface area (TPSA) is 62.2 Å². The Morgan fingerprint density at radius 2 is 2.00 bits per heavy atom. The van der Waals surface area contributed by atoms with Gasteiger partial charge in [0.1, 0.15) is 11.4 Å². The van der Waals surface area contributed by atoms with Crippen molar-refractivity contribution < 1.29 is 32.5 Å². The van der Waals surface area contributed by atoms with Gasteiger partial charge in [-0.2, -0.15) is 13.2 Å². The van der Waals surface area contributed by atoms with E-state index in [1.807, 2.05) is 6.92 Å². The zero-order valence-corrected chi connectivity index (χ0v) is 14.3. The van der Waals surface area contributed by atoms with Crippen LogP contribution < -0.4 is 9.64 Å². The van der Waals surface area contributed by atoms with E-state index < -0.39 is 18.4 Å². The van der Waals surface area contributed by atoms with Crippen LogP contribution in [0, 0.1) is 0 Å². The van der Waals surface area contributed by atoms with E-state index in [1.165, 1.54) is 12.1 Å². The van der Waals surface area contributed by atoms with E-state index in [-0.39, 0.29) is 31.0 Å². The maximum atomic E-state index is 12.6. The number of anilines is 1. The maximum absolute atomic E-state index is 12.6. The van der Waals surface area contributed by atoms with Gasteiger partial charge in [-0.05, 0) is 31.2 Å². The van der Waals surface area contributed by atoms with Gasteiger partial charge in [-0.3, -0.25) is 4.90 Å². The Labute approximate surface area is 149 Å². The Balaban J connectivity index is 1.61. The molecule has 0 radical (unpaired) electrons. The average molecular weight is 374 g/mol. The van der Waals surface area contributed by atoms with Crippen molar-refractivity contribution in [3.63, 3.8) is 0 Å². The fourth-order valence-electron chi connectivity index (χ4n) is 3.39. The molecule has 2 fully saturated rings. The Morgan fingerprint density at radius 1 is 1.31 bits per heavy atom. The number of carbonyl (C=O) groups excluding carboxylic acids is 1. The minimum atomic E-state index is -4.40. The van der Waals surface area contributed by atoms with Crippen molar-refractivity contribution in [2.75, 3.05) is 37.8 Å². The number of carbonyl (C=O) groups is 1. The van der Waals surface area contributed by atoms with Crippen LogP contribution in [0.25, 0.3) is 0 Å². The van der Waals surface area contributed by atoms with E-state index in [1.54, 1.807) is 21.9 Å². The van der Waals surface area contributed by atoms with Crippen molar-refractivity contribution >= 4 is 11.7 Å². The fraction of sp³-hybridized carbons (Fsp3) is 0.588. The van der Waals surface area contributed by atoms with Gasteiger partial charge in [0.15, 0.2) is 6.61 Å². The Hall–Kier alpha value is -2.00. The molecule has 0 aliphatic carbocycles. The molecule has 0 spiro atoms. The zero-order chi connectivity index (χ0) is 18.9. The second-order valence-electron chi connectivity index (χ2n) is 6.64. The van der Waals surface area contributed by atoms with Crippen molar-refractivity contribution in [2.24, 2.45) is 0 Å². The average Bonchev–Trinajstić information content (AvgIpc) is 3.06. The molecule has 1 aromatic rings. The van der Waals surface area contributed by atoms with Crippen LogP contribution >= 0.6 is 0 Å². The maximum Gasteiger partial charge on any atom is 0.422 e. The molecule has 0 saturated carbocycles. The minimum absolute atomic E-state index is 0.0873. The van der Waals surface area contributed by atoms with Crippen molar-refractivity contribution in [3.8, 4) is 5.75 Å². The van der Waals surface area contributed by atoms with Gasteiger partial charge in [-0.1, -0.05) is 0 Å². The molecule has 144 valence electrons. The summed E-state index contributed by atoms with van der Waals surface area (Å²) >= 11 is 0. The first kappa shape index (κ1) is 18.8. The molecule has 9 heteroatoms. The molecule has 2 aliphatic rings. The summed E-state index contributed by atoms with van der Waals surface area (Å²) in [5.74, 6) is 0.0873. The number of halogens is 3. The van der Waals surface area contributed by atoms with Crippen molar-refractivity contribution in [3.05, 3.63) is 24.3 Å². The van der Waals surface area contributed by atoms with Gasteiger partial charge >= 0.3 is 12.2 Å². The molecule has 2 amide bonds. The second kappa shape index (κ2) is 6.96. The molecule has 2 atom stereocenters. The highest BCUT2D eigenvalue weighted by molar-refractivity contribution is 5.95. The lowest BCUT2D eigenvalue weighted by atomic mass is 10.0. The first-order chi connectivity index (χ1) is 12.2. The Kier molecular flexibility index (Phi) is 5.03. The van der Waals surface area contributed by atoms with Crippen LogP contribution in [0.3, 0.4) is 0 Å². The molecule has 0 bridgehead atoms. The molecule has 2 saturated heterocycles. The molecule has 26 heavy (non-hydrogen) atoms. The lowest BCUT2D eigenvalue weighted by molar-refractivity contribution is -0.153. The summed E-state index contributed by atoms with van der Waals surface area (Å²) in [5.41, 5.74) is -0.449. The van der Waals surface area contributed by atoms with Crippen LogP contribution in [0.1, 0.15) is 13.3 Å². The first-order valence-electron chi connectivity index (χ1n) is 8.39. The van der Waals surface area contributed by atoms with E-state index in [9.17, 15) is 23.1 Å². The quantitative estimate of drug-likeness (QED) is 0.831. The summed E-state index contributed by atoms with van der Waals surface area (Å²) in [6.07, 6.45) is -3.96. The van der Waals surface area contributed by atoms with Crippen LogP contribution in [0.5, 0.6) is 5.75 Å². The number of aliphatic hydroxyl groups is 1. The number of benzene rings is 1. The van der Waals surface area contributed by atoms with Crippen molar-refractivity contribution in [1.82, 2.24) is 4.90 Å². The first-order valence-corrected chi connectivity index (χ1v) is 8.39. The number of alkyl halides is 3. The summed E-state index contributed by atoms with van der Waals surface area (Å²) in [6.45, 7) is 1.79. The largest absolute Gasteiger partial charge is 0.484 e. The lowest BCUT2D eigenvalue weighted by Crippen LogP contribution is -2.42. The number of hydrogen-bond acceptors (Lipinski definition) is 4. The standard InChI is InChI=1S/C17H21F3N2O4/c1-2-25-10-16(24)7-13-8-21(15(23)22(13)9-16)12-3-5-14(6-4-12)26-11-17(18,19)20/h3-6,13,24H,2,7-11H2,1H3/t13-,16+/m0/s1. The molecule has 1 N–H and O–H groups in total. The number of urea groups is 1. The SMILES string of the molecule is CCOC[C@@]1(O)C[C@H]2CN(c3ccc(OCC(F)(F)F)cc3)C(=O)N2C1. The van der Waals surface area contributed by atoms with Crippen LogP contribution in [0.4, 0.5) is 23.7 Å². The van der Waals surface area contributed by atoms with E-state index in [2.05, 4.69) is 4.74 Å². The third-order valence-electron chi connectivity index (χ3n) is 4.52. The highest BCUT2D eigenvalue weighted by Gasteiger charge is 2.51. The number of nitrogens with zero attached hydrogens (tertiary/aromatic N) is 2. The van der Waals surface area contributed by atoms with Gasteiger partial charge in [0.25, 0.3) is 0 Å². The molecule has 2 heterocycles. The highest BCUT2D eigenvalue weighted by atomic mass is 19.4. The van der Waals surface area contributed by atoms with E-state index >= 15 is 0 Å². The normalized spacial score (nSPS) is 25.7. The van der Waals surface area contributed by atoms with Gasteiger partial charge in [-0.15, -0.1) is 0 Å². The predicted octanol–water partition coefficient (Wildman–Crippen LogP) is 2.41.